The Kier molecular flexibility index (Phi) is 6.39. The standard InChI is InChI=1S/C25H34N6O4/c1-25(2)11-16(6-9-34-25)24(32)31-7-4-18(13-31)35-22-19-14-30(8-5-21(19)28-15-29-22)17-10-20(26)23(33-3)27-12-17/h10,12,15-16,18H,4-9,11,13-14,26H2,1-3H3. The number of hydrogen-bond acceptors (Lipinski definition) is 9. The molecule has 10 nitrogen and oxygen atoms in total. The van der Waals surface area contributed by atoms with Crippen LogP contribution in [0, 0.1) is 5.92 Å². The summed E-state index contributed by atoms with van der Waals surface area (Å²) < 4.78 is 17.3. The van der Waals surface area contributed by atoms with Crippen molar-refractivity contribution in [2.24, 2.45) is 5.92 Å². The van der Waals surface area contributed by atoms with Crippen LogP contribution in [-0.4, -0.2) is 70.8 Å². The Morgan fingerprint density at radius 1 is 1.20 bits per heavy atom. The van der Waals surface area contributed by atoms with Crippen LogP contribution in [0.25, 0.3) is 0 Å². The van der Waals surface area contributed by atoms with E-state index in [0.29, 0.717) is 43.7 Å². The summed E-state index contributed by atoms with van der Waals surface area (Å²) in [7, 11) is 1.55. The summed E-state index contributed by atoms with van der Waals surface area (Å²) in [5.74, 6) is 1.25. The van der Waals surface area contributed by atoms with Crippen LogP contribution in [0.5, 0.6) is 11.8 Å². The average molecular weight is 483 g/mol. The summed E-state index contributed by atoms with van der Waals surface area (Å²) in [5, 5.41) is 0. The van der Waals surface area contributed by atoms with E-state index < -0.39 is 0 Å². The number of nitrogens with zero attached hydrogens (tertiary/aromatic N) is 5. The SMILES string of the molecule is COc1ncc(N2CCc3ncnc(OC4CCN(C(=O)C5CCOC(C)(C)C5)C4)c3C2)cc1N. The fraction of sp³-hybridized carbons (Fsp3) is 0.600. The van der Waals surface area contributed by atoms with Gasteiger partial charge in [0.2, 0.25) is 17.7 Å². The van der Waals surface area contributed by atoms with Crippen LogP contribution in [0.4, 0.5) is 11.4 Å². The molecule has 2 saturated heterocycles. The molecule has 2 N–H and O–H groups in total. The van der Waals surface area contributed by atoms with E-state index in [1.54, 1.807) is 19.6 Å². The zero-order chi connectivity index (χ0) is 24.6. The maximum Gasteiger partial charge on any atom is 0.236 e. The second-order valence-corrected chi connectivity index (χ2v) is 10.2. The highest BCUT2D eigenvalue weighted by Gasteiger charge is 2.38. The highest BCUT2D eigenvalue weighted by Crippen LogP contribution is 2.33. The van der Waals surface area contributed by atoms with Gasteiger partial charge >= 0.3 is 0 Å². The van der Waals surface area contributed by atoms with Crippen molar-refractivity contribution in [3.05, 3.63) is 29.8 Å². The van der Waals surface area contributed by atoms with Gasteiger partial charge in [0.1, 0.15) is 12.4 Å². The number of hydrogen-bond donors (Lipinski definition) is 1. The first-order valence-corrected chi connectivity index (χ1v) is 12.3. The topological polar surface area (TPSA) is 116 Å². The van der Waals surface area contributed by atoms with E-state index in [1.165, 1.54) is 0 Å². The third kappa shape index (κ3) is 4.98. The lowest BCUT2D eigenvalue weighted by atomic mass is 9.87. The number of methoxy groups -OCH3 is 1. The molecule has 188 valence electrons. The minimum absolute atomic E-state index is 0.0170. The number of anilines is 2. The molecule has 10 heteroatoms. The van der Waals surface area contributed by atoms with Gasteiger partial charge in [-0.05, 0) is 32.8 Å². The number of carbonyl (C=O) groups excluding carboxylic acids is 1. The second-order valence-electron chi connectivity index (χ2n) is 10.2. The maximum absolute atomic E-state index is 13.1. The number of pyridine rings is 1. The van der Waals surface area contributed by atoms with E-state index in [-0.39, 0.29) is 23.5 Å². The molecule has 35 heavy (non-hydrogen) atoms. The van der Waals surface area contributed by atoms with Crippen LogP contribution in [0.1, 0.15) is 44.4 Å². The molecule has 0 aliphatic carbocycles. The molecular weight excluding hydrogens is 448 g/mol. The minimum Gasteiger partial charge on any atom is -0.480 e. The Balaban J connectivity index is 1.25. The predicted molar refractivity (Wildman–Crippen MR) is 130 cm³/mol. The van der Waals surface area contributed by atoms with Gasteiger partial charge in [-0.25, -0.2) is 15.0 Å². The van der Waals surface area contributed by atoms with Gasteiger partial charge in [-0.2, -0.15) is 0 Å². The Morgan fingerprint density at radius 3 is 2.83 bits per heavy atom. The number of nitrogen functional groups attached to an aromatic ring is 1. The van der Waals surface area contributed by atoms with Crippen molar-refractivity contribution in [3.63, 3.8) is 0 Å². The van der Waals surface area contributed by atoms with Gasteiger partial charge in [0, 0.05) is 38.5 Å². The lowest BCUT2D eigenvalue weighted by Gasteiger charge is -2.36. The van der Waals surface area contributed by atoms with Crippen LogP contribution in [0.2, 0.25) is 0 Å². The monoisotopic (exact) mass is 482 g/mol. The summed E-state index contributed by atoms with van der Waals surface area (Å²) in [6.45, 7) is 7.43. The number of rotatable bonds is 5. The van der Waals surface area contributed by atoms with Crippen LogP contribution < -0.4 is 20.1 Å². The Labute approximate surface area is 205 Å². The van der Waals surface area contributed by atoms with E-state index in [9.17, 15) is 4.79 Å². The first kappa shape index (κ1) is 23.6. The molecule has 0 spiro atoms. The summed E-state index contributed by atoms with van der Waals surface area (Å²) in [6, 6.07) is 1.87. The Morgan fingerprint density at radius 2 is 2.06 bits per heavy atom. The van der Waals surface area contributed by atoms with Crippen molar-refractivity contribution in [3.8, 4) is 11.8 Å². The number of amides is 1. The summed E-state index contributed by atoms with van der Waals surface area (Å²) in [6.07, 6.45) is 6.35. The molecule has 2 unspecified atom stereocenters. The van der Waals surface area contributed by atoms with E-state index in [2.05, 4.69) is 33.7 Å². The Bertz CT molecular complexity index is 1090. The van der Waals surface area contributed by atoms with Gasteiger partial charge in [-0.15, -0.1) is 0 Å². The van der Waals surface area contributed by atoms with Crippen molar-refractivity contribution >= 4 is 17.3 Å². The van der Waals surface area contributed by atoms with Crippen LogP contribution in [0.3, 0.4) is 0 Å². The van der Waals surface area contributed by atoms with Crippen LogP contribution in [0.15, 0.2) is 18.6 Å². The molecule has 2 fully saturated rings. The zero-order valence-corrected chi connectivity index (χ0v) is 20.7. The lowest BCUT2D eigenvalue weighted by molar-refractivity contribution is -0.144. The third-order valence-corrected chi connectivity index (χ3v) is 7.17. The van der Waals surface area contributed by atoms with Crippen molar-refractivity contribution in [1.82, 2.24) is 19.9 Å². The largest absolute Gasteiger partial charge is 0.480 e. The zero-order valence-electron chi connectivity index (χ0n) is 20.7. The molecule has 3 aliphatic rings. The van der Waals surface area contributed by atoms with Gasteiger partial charge < -0.3 is 29.7 Å². The molecule has 0 aromatic carbocycles. The van der Waals surface area contributed by atoms with E-state index in [1.807, 2.05) is 11.0 Å². The third-order valence-electron chi connectivity index (χ3n) is 7.17. The minimum atomic E-state index is -0.246. The molecular formula is C25H34N6O4. The van der Waals surface area contributed by atoms with Crippen molar-refractivity contribution in [2.45, 2.75) is 57.8 Å². The van der Waals surface area contributed by atoms with Gasteiger partial charge in [-0.1, -0.05) is 0 Å². The second kappa shape index (κ2) is 9.49. The van der Waals surface area contributed by atoms with E-state index in [0.717, 1.165) is 49.2 Å². The molecule has 5 rings (SSSR count). The molecule has 3 aliphatic heterocycles. The number of likely N-dealkylation sites (tertiary alicyclic amines) is 1. The lowest BCUT2D eigenvalue weighted by Crippen LogP contribution is -2.43. The molecule has 2 atom stereocenters. The van der Waals surface area contributed by atoms with Crippen molar-refractivity contribution in [1.29, 1.82) is 0 Å². The fourth-order valence-corrected chi connectivity index (χ4v) is 5.32. The molecule has 0 bridgehead atoms. The quantitative estimate of drug-likeness (QED) is 0.685. The number of nitrogens with two attached hydrogens (primary N) is 1. The van der Waals surface area contributed by atoms with E-state index >= 15 is 0 Å². The van der Waals surface area contributed by atoms with E-state index in [4.69, 9.17) is 19.9 Å². The predicted octanol–water partition coefficient (Wildman–Crippen LogP) is 2.21. The first-order chi connectivity index (χ1) is 16.8. The molecule has 2 aromatic rings. The van der Waals surface area contributed by atoms with Gasteiger partial charge in [-0.3, -0.25) is 4.79 Å². The number of carbonyl (C=O) groups is 1. The number of fused-ring (bicyclic) bond motifs is 1. The molecule has 1 amide bonds. The molecule has 5 heterocycles. The highest BCUT2D eigenvalue weighted by atomic mass is 16.5. The fourth-order valence-electron chi connectivity index (χ4n) is 5.32. The normalized spacial score (nSPS) is 23.6. The van der Waals surface area contributed by atoms with Gasteiger partial charge in [0.25, 0.3) is 0 Å². The number of aromatic nitrogens is 3. The van der Waals surface area contributed by atoms with Gasteiger partial charge in [0.15, 0.2) is 0 Å². The van der Waals surface area contributed by atoms with Crippen molar-refractivity contribution in [2.75, 3.05) is 44.0 Å². The summed E-state index contributed by atoms with van der Waals surface area (Å²) in [4.78, 5) is 30.6. The van der Waals surface area contributed by atoms with Crippen LogP contribution >= 0.6 is 0 Å². The molecule has 0 radical (unpaired) electrons. The molecule has 0 saturated carbocycles. The average Bonchev–Trinajstić information content (AvgIpc) is 3.31. The highest BCUT2D eigenvalue weighted by molar-refractivity contribution is 5.79. The number of ether oxygens (including phenoxy) is 3. The Hall–Kier alpha value is -3.14. The van der Waals surface area contributed by atoms with Crippen LogP contribution in [-0.2, 0) is 22.5 Å². The smallest absolute Gasteiger partial charge is 0.236 e. The van der Waals surface area contributed by atoms with Crippen molar-refractivity contribution < 1.29 is 19.0 Å². The first-order valence-electron chi connectivity index (χ1n) is 12.3. The summed E-state index contributed by atoms with van der Waals surface area (Å²) in [5.41, 5.74) is 9.22. The molecule has 2 aromatic heterocycles. The van der Waals surface area contributed by atoms with Gasteiger partial charge in [0.05, 0.1) is 54.6 Å². The maximum atomic E-state index is 13.1. The summed E-state index contributed by atoms with van der Waals surface area (Å²) >= 11 is 0.